The van der Waals surface area contributed by atoms with Crippen molar-refractivity contribution in [1.82, 2.24) is 10.2 Å². The normalized spacial score (nSPS) is 19.1. The first-order valence-electron chi connectivity index (χ1n) is 7.48. The van der Waals surface area contributed by atoms with Gasteiger partial charge >= 0.3 is 6.03 Å². The van der Waals surface area contributed by atoms with Gasteiger partial charge in [-0.1, -0.05) is 18.6 Å². The maximum atomic E-state index is 13.0. The molecule has 1 aromatic rings. The largest absolute Gasteiger partial charge is 0.383 e. The predicted molar refractivity (Wildman–Crippen MR) is 79.8 cm³/mol. The van der Waals surface area contributed by atoms with Crippen molar-refractivity contribution in [3.05, 3.63) is 35.6 Å². The molecular formula is C16H23FN2O2. The monoisotopic (exact) mass is 294 g/mol. The second-order valence-corrected chi connectivity index (χ2v) is 5.42. The Morgan fingerprint density at radius 2 is 2.14 bits per heavy atom. The number of hydrogen-bond acceptors (Lipinski definition) is 2. The molecule has 4 nitrogen and oxygen atoms in total. The predicted octanol–water partition coefficient (Wildman–Crippen LogP) is 2.75. The summed E-state index contributed by atoms with van der Waals surface area (Å²) < 4.78 is 18.0. The summed E-state index contributed by atoms with van der Waals surface area (Å²) in [6.45, 7) is 2.50. The maximum absolute atomic E-state index is 13.0. The van der Waals surface area contributed by atoms with Gasteiger partial charge in [-0.15, -0.1) is 0 Å². The van der Waals surface area contributed by atoms with Crippen molar-refractivity contribution >= 4 is 6.03 Å². The van der Waals surface area contributed by atoms with E-state index in [4.69, 9.17) is 4.74 Å². The van der Waals surface area contributed by atoms with Crippen molar-refractivity contribution in [2.75, 3.05) is 33.4 Å². The summed E-state index contributed by atoms with van der Waals surface area (Å²) >= 11 is 0. The molecule has 0 aliphatic carbocycles. The molecule has 1 N–H and O–H groups in total. The van der Waals surface area contributed by atoms with Crippen molar-refractivity contribution in [2.45, 2.75) is 25.2 Å². The minimum Gasteiger partial charge on any atom is -0.383 e. The fraction of sp³-hybridized carbons (Fsp3) is 0.562. The number of ether oxygens (including phenoxy) is 1. The molecule has 5 heteroatoms. The van der Waals surface area contributed by atoms with E-state index in [1.54, 1.807) is 7.11 Å². The molecule has 1 saturated heterocycles. The number of benzene rings is 1. The SMILES string of the molecule is COCCNC(=O)N1CCCC[C@@H](c2ccc(F)cc2)C1. The molecule has 2 rings (SSSR count). The van der Waals surface area contributed by atoms with Gasteiger partial charge in [0.1, 0.15) is 5.82 Å². The quantitative estimate of drug-likeness (QED) is 0.868. The Kier molecular flexibility index (Phi) is 5.99. The third-order valence-electron chi connectivity index (χ3n) is 3.88. The van der Waals surface area contributed by atoms with Crippen LogP contribution in [-0.4, -0.2) is 44.3 Å². The van der Waals surface area contributed by atoms with Gasteiger partial charge in [0.2, 0.25) is 0 Å². The van der Waals surface area contributed by atoms with Gasteiger partial charge in [-0.25, -0.2) is 9.18 Å². The molecule has 0 saturated carbocycles. The van der Waals surface area contributed by atoms with Gasteiger partial charge in [-0.05, 0) is 30.5 Å². The number of urea groups is 1. The lowest BCUT2D eigenvalue weighted by atomic mass is 9.94. The fourth-order valence-electron chi connectivity index (χ4n) is 2.71. The number of hydrogen-bond donors (Lipinski definition) is 1. The molecule has 2 amide bonds. The van der Waals surface area contributed by atoms with Gasteiger partial charge in [-0.2, -0.15) is 0 Å². The molecule has 116 valence electrons. The highest BCUT2D eigenvalue weighted by molar-refractivity contribution is 5.74. The fourth-order valence-corrected chi connectivity index (χ4v) is 2.71. The molecule has 1 aromatic carbocycles. The first-order valence-corrected chi connectivity index (χ1v) is 7.48. The number of amides is 2. The number of carbonyl (C=O) groups is 1. The third-order valence-corrected chi connectivity index (χ3v) is 3.88. The van der Waals surface area contributed by atoms with E-state index in [0.29, 0.717) is 19.7 Å². The third kappa shape index (κ3) is 4.70. The Balaban J connectivity index is 1.97. The number of nitrogens with zero attached hydrogens (tertiary/aromatic N) is 1. The zero-order valence-corrected chi connectivity index (χ0v) is 12.5. The molecule has 0 unspecified atom stereocenters. The van der Waals surface area contributed by atoms with Crippen LogP contribution in [-0.2, 0) is 4.74 Å². The van der Waals surface area contributed by atoms with Gasteiger partial charge in [0, 0.05) is 32.7 Å². The Hall–Kier alpha value is -1.62. The summed E-state index contributed by atoms with van der Waals surface area (Å²) in [4.78, 5) is 14.0. The summed E-state index contributed by atoms with van der Waals surface area (Å²) in [7, 11) is 1.61. The van der Waals surface area contributed by atoms with Gasteiger partial charge in [0.25, 0.3) is 0 Å². The Bertz CT molecular complexity index is 450. The van der Waals surface area contributed by atoms with Crippen molar-refractivity contribution < 1.29 is 13.9 Å². The smallest absolute Gasteiger partial charge is 0.317 e. The number of likely N-dealkylation sites (tertiary alicyclic amines) is 1. The van der Waals surface area contributed by atoms with Crippen LogP contribution >= 0.6 is 0 Å². The summed E-state index contributed by atoms with van der Waals surface area (Å²) in [6, 6.07) is 6.59. The van der Waals surface area contributed by atoms with E-state index in [9.17, 15) is 9.18 Å². The molecule has 0 bridgehead atoms. The summed E-state index contributed by atoms with van der Waals surface area (Å²) in [6.07, 6.45) is 3.13. The molecule has 1 heterocycles. The van der Waals surface area contributed by atoms with E-state index in [2.05, 4.69) is 5.32 Å². The summed E-state index contributed by atoms with van der Waals surface area (Å²) in [5.74, 6) is 0.0582. The van der Waals surface area contributed by atoms with Gasteiger partial charge < -0.3 is 15.0 Å². The van der Waals surface area contributed by atoms with E-state index < -0.39 is 0 Å². The first-order chi connectivity index (χ1) is 10.2. The number of halogens is 1. The van der Waals surface area contributed by atoms with Crippen LogP contribution in [0, 0.1) is 5.82 Å². The molecule has 21 heavy (non-hydrogen) atoms. The van der Waals surface area contributed by atoms with Gasteiger partial charge in [0.05, 0.1) is 6.61 Å². The van der Waals surface area contributed by atoms with Crippen molar-refractivity contribution in [3.8, 4) is 0 Å². The van der Waals surface area contributed by atoms with Crippen LogP contribution in [0.25, 0.3) is 0 Å². The zero-order valence-electron chi connectivity index (χ0n) is 12.5. The second-order valence-electron chi connectivity index (χ2n) is 5.42. The minimum atomic E-state index is -0.221. The molecule has 0 radical (unpaired) electrons. The second kappa shape index (κ2) is 7.98. The van der Waals surface area contributed by atoms with E-state index in [1.165, 1.54) is 12.1 Å². The van der Waals surface area contributed by atoms with Crippen molar-refractivity contribution in [3.63, 3.8) is 0 Å². The van der Waals surface area contributed by atoms with Crippen LogP contribution in [0.2, 0.25) is 0 Å². The average Bonchev–Trinajstić information content (AvgIpc) is 2.74. The van der Waals surface area contributed by atoms with Gasteiger partial charge in [0.15, 0.2) is 0 Å². The maximum Gasteiger partial charge on any atom is 0.317 e. The van der Waals surface area contributed by atoms with Crippen molar-refractivity contribution in [1.29, 1.82) is 0 Å². The van der Waals surface area contributed by atoms with Gasteiger partial charge in [-0.3, -0.25) is 0 Å². The summed E-state index contributed by atoms with van der Waals surface area (Å²) in [5.41, 5.74) is 1.10. The van der Waals surface area contributed by atoms with Crippen LogP contribution in [0.4, 0.5) is 9.18 Å². The molecule has 0 aromatic heterocycles. The molecule has 1 aliphatic heterocycles. The van der Waals surface area contributed by atoms with Crippen LogP contribution in [0.3, 0.4) is 0 Å². The lowest BCUT2D eigenvalue weighted by molar-refractivity contribution is 0.179. The molecular weight excluding hydrogens is 271 g/mol. The molecule has 1 atom stereocenters. The van der Waals surface area contributed by atoms with Crippen LogP contribution in [0.15, 0.2) is 24.3 Å². The Morgan fingerprint density at radius 3 is 2.86 bits per heavy atom. The molecule has 1 fully saturated rings. The number of methoxy groups -OCH3 is 1. The van der Waals surface area contributed by atoms with E-state index in [0.717, 1.165) is 31.4 Å². The van der Waals surface area contributed by atoms with Crippen LogP contribution < -0.4 is 5.32 Å². The lowest BCUT2D eigenvalue weighted by Gasteiger charge is -2.25. The highest BCUT2D eigenvalue weighted by atomic mass is 19.1. The topological polar surface area (TPSA) is 41.6 Å². The number of rotatable bonds is 4. The standard InChI is InChI=1S/C16H23FN2O2/c1-21-11-9-18-16(20)19-10-3-2-4-14(12-19)13-5-7-15(17)8-6-13/h5-8,14H,2-4,9-12H2,1H3,(H,18,20)/t14-/m1/s1. The van der Waals surface area contributed by atoms with E-state index >= 15 is 0 Å². The molecule has 0 spiro atoms. The highest BCUT2D eigenvalue weighted by Crippen LogP contribution is 2.26. The number of carbonyl (C=O) groups excluding carboxylic acids is 1. The minimum absolute atomic E-state index is 0.0407. The lowest BCUT2D eigenvalue weighted by Crippen LogP contribution is -2.42. The highest BCUT2D eigenvalue weighted by Gasteiger charge is 2.22. The molecule has 1 aliphatic rings. The first kappa shape index (κ1) is 15.8. The zero-order chi connectivity index (χ0) is 15.1. The number of nitrogens with one attached hydrogen (secondary N) is 1. The van der Waals surface area contributed by atoms with E-state index in [1.807, 2.05) is 17.0 Å². The average molecular weight is 294 g/mol. The van der Waals surface area contributed by atoms with E-state index in [-0.39, 0.29) is 17.8 Å². The Labute approximate surface area is 125 Å². The Morgan fingerprint density at radius 1 is 1.38 bits per heavy atom. The summed E-state index contributed by atoms with van der Waals surface area (Å²) in [5, 5.41) is 2.86. The van der Waals surface area contributed by atoms with Crippen LogP contribution in [0.5, 0.6) is 0 Å². The van der Waals surface area contributed by atoms with Crippen molar-refractivity contribution in [2.24, 2.45) is 0 Å². The van der Waals surface area contributed by atoms with Crippen LogP contribution in [0.1, 0.15) is 30.7 Å².